The van der Waals surface area contributed by atoms with Crippen LogP contribution in [-0.4, -0.2) is 30.6 Å². The Morgan fingerprint density at radius 1 is 1.05 bits per heavy atom. The minimum absolute atomic E-state index is 0.819. The van der Waals surface area contributed by atoms with Crippen LogP contribution in [0, 0.1) is 5.92 Å². The molecule has 0 amide bonds. The molecule has 2 unspecified atom stereocenters. The van der Waals surface area contributed by atoms with E-state index in [0.717, 1.165) is 18.5 Å². The Morgan fingerprint density at radius 3 is 2.75 bits per heavy atom. The Labute approximate surface area is 123 Å². The molecule has 0 bridgehead atoms. The van der Waals surface area contributed by atoms with Crippen LogP contribution in [0.2, 0.25) is 0 Å². The van der Waals surface area contributed by atoms with E-state index in [2.05, 4.69) is 40.5 Å². The molecule has 110 valence electrons. The van der Waals surface area contributed by atoms with Crippen LogP contribution < -0.4 is 5.32 Å². The molecule has 20 heavy (non-hydrogen) atoms. The minimum Gasteiger partial charge on any atom is -0.314 e. The van der Waals surface area contributed by atoms with E-state index in [-0.39, 0.29) is 0 Å². The van der Waals surface area contributed by atoms with Crippen LogP contribution in [0.25, 0.3) is 0 Å². The van der Waals surface area contributed by atoms with Gasteiger partial charge in [-0.3, -0.25) is 4.90 Å². The van der Waals surface area contributed by atoms with Gasteiger partial charge in [0.25, 0.3) is 0 Å². The summed E-state index contributed by atoms with van der Waals surface area (Å²) in [6.07, 6.45) is 8.43. The first-order chi connectivity index (χ1) is 9.90. The maximum atomic E-state index is 3.63. The predicted molar refractivity (Wildman–Crippen MR) is 84.7 cm³/mol. The molecule has 2 heteroatoms. The van der Waals surface area contributed by atoms with E-state index in [1.54, 1.807) is 0 Å². The second-order valence-electron chi connectivity index (χ2n) is 6.60. The van der Waals surface area contributed by atoms with Gasteiger partial charge in [0.15, 0.2) is 0 Å². The summed E-state index contributed by atoms with van der Waals surface area (Å²) < 4.78 is 0. The first-order valence-electron chi connectivity index (χ1n) is 8.40. The van der Waals surface area contributed by atoms with Gasteiger partial charge in [0.05, 0.1) is 0 Å². The van der Waals surface area contributed by atoms with Crippen molar-refractivity contribution >= 4 is 0 Å². The maximum absolute atomic E-state index is 3.63. The molecule has 2 nitrogen and oxygen atoms in total. The van der Waals surface area contributed by atoms with Crippen LogP contribution in [0.1, 0.15) is 44.1 Å². The number of piperidine rings is 1. The van der Waals surface area contributed by atoms with Gasteiger partial charge < -0.3 is 5.32 Å². The van der Waals surface area contributed by atoms with Crippen LogP contribution in [0.4, 0.5) is 0 Å². The topological polar surface area (TPSA) is 15.3 Å². The molecule has 0 spiro atoms. The summed E-state index contributed by atoms with van der Waals surface area (Å²) in [7, 11) is 0. The third-order valence-corrected chi connectivity index (χ3v) is 4.94. The van der Waals surface area contributed by atoms with Crippen LogP contribution in [0.15, 0.2) is 30.3 Å². The van der Waals surface area contributed by atoms with E-state index in [1.165, 1.54) is 63.7 Å². The van der Waals surface area contributed by atoms with Crippen molar-refractivity contribution in [3.63, 3.8) is 0 Å². The SMILES string of the molecule is c1ccc(CN2CCCC(CCC3CCCN3)C2)cc1. The summed E-state index contributed by atoms with van der Waals surface area (Å²) in [6.45, 7) is 4.98. The van der Waals surface area contributed by atoms with E-state index in [0.29, 0.717) is 0 Å². The average molecular weight is 272 g/mol. The smallest absolute Gasteiger partial charge is 0.0233 e. The quantitative estimate of drug-likeness (QED) is 0.883. The molecule has 2 heterocycles. The Kier molecular flexibility index (Phi) is 5.10. The van der Waals surface area contributed by atoms with Gasteiger partial charge in [-0.25, -0.2) is 0 Å². The van der Waals surface area contributed by atoms with E-state index < -0.39 is 0 Å². The molecule has 0 radical (unpaired) electrons. The van der Waals surface area contributed by atoms with Gasteiger partial charge in [-0.1, -0.05) is 30.3 Å². The molecule has 2 aliphatic rings. The Balaban J connectivity index is 1.44. The highest BCUT2D eigenvalue weighted by atomic mass is 15.1. The van der Waals surface area contributed by atoms with E-state index >= 15 is 0 Å². The molecular weight excluding hydrogens is 244 g/mol. The van der Waals surface area contributed by atoms with Crippen LogP contribution in [0.5, 0.6) is 0 Å². The average Bonchev–Trinajstić information content (AvgIpc) is 3.00. The zero-order valence-electron chi connectivity index (χ0n) is 12.6. The van der Waals surface area contributed by atoms with Crippen molar-refractivity contribution in [3.8, 4) is 0 Å². The van der Waals surface area contributed by atoms with Gasteiger partial charge in [0, 0.05) is 19.1 Å². The van der Waals surface area contributed by atoms with Crippen LogP contribution in [0.3, 0.4) is 0 Å². The molecule has 2 aliphatic heterocycles. The molecule has 2 saturated heterocycles. The molecule has 0 aliphatic carbocycles. The summed E-state index contributed by atoms with van der Waals surface area (Å²) in [4.78, 5) is 2.66. The highest BCUT2D eigenvalue weighted by Gasteiger charge is 2.22. The highest BCUT2D eigenvalue weighted by Crippen LogP contribution is 2.24. The Hall–Kier alpha value is -0.860. The Morgan fingerprint density at radius 2 is 1.95 bits per heavy atom. The summed E-state index contributed by atoms with van der Waals surface area (Å²) in [6, 6.07) is 11.7. The Bertz CT molecular complexity index is 384. The standard InChI is InChI=1S/C18H28N2/c1-2-6-16(7-3-1)14-20-13-5-8-17(15-20)10-11-18-9-4-12-19-18/h1-3,6-7,17-19H,4-5,8-15H2. The van der Waals surface area contributed by atoms with Crippen molar-refractivity contribution in [1.29, 1.82) is 0 Å². The van der Waals surface area contributed by atoms with Crippen molar-refractivity contribution in [2.45, 2.75) is 51.1 Å². The lowest BCUT2D eigenvalue weighted by Gasteiger charge is -2.33. The molecule has 1 aromatic carbocycles. The third-order valence-electron chi connectivity index (χ3n) is 4.94. The lowest BCUT2D eigenvalue weighted by Crippen LogP contribution is -2.35. The maximum Gasteiger partial charge on any atom is 0.0233 e. The number of hydrogen-bond acceptors (Lipinski definition) is 2. The highest BCUT2D eigenvalue weighted by molar-refractivity contribution is 5.14. The zero-order chi connectivity index (χ0) is 13.6. The molecule has 1 N–H and O–H groups in total. The van der Waals surface area contributed by atoms with Crippen molar-refractivity contribution in [1.82, 2.24) is 10.2 Å². The normalized spacial score (nSPS) is 27.8. The van der Waals surface area contributed by atoms with Gasteiger partial charge in [-0.05, 0) is 63.1 Å². The number of nitrogens with zero attached hydrogens (tertiary/aromatic N) is 1. The van der Waals surface area contributed by atoms with Crippen molar-refractivity contribution in [3.05, 3.63) is 35.9 Å². The molecule has 0 aromatic heterocycles. The van der Waals surface area contributed by atoms with Crippen molar-refractivity contribution in [2.24, 2.45) is 5.92 Å². The fourth-order valence-corrected chi connectivity index (χ4v) is 3.81. The largest absolute Gasteiger partial charge is 0.314 e. The number of hydrogen-bond donors (Lipinski definition) is 1. The van der Waals surface area contributed by atoms with Gasteiger partial charge in [-0.15, -0.1) is 0 Å². The van der Waals surface area contributed by atoms with Crippen LogP contribution >= 0.6 is 0 Å². The number of nitrogens with one attached hydrogen (secondary N) is 1. The van der Waals surface area contributed by atoms with E-state index in [1.807, 2.05) is 0 Å². The van der Waals surface area contributed by atoms with Gasteiger partial charge >= 0.3 is 0 Å². The van der Waals surface area contributed by atoms with E-state index in [4.69, 9.17) is 0 Å². The fourth-order valence-electron chi connectivity index (χ4n) is 3.81. The molecular formula is C18H28N2. The fraction of sp³-hybridized carbons (Fsp3) is 0.667. The zero-order valence-corrected chi connectivity index (χ0v) is 12.6. The van der Waals surface area contributed by atoms with Crippen molar-refractivity contribution < 1.29 is 0 Å². The number of rotatable bonds is 5. The molecule has 0 saturated carbocycles. The summed E-state index contributed by atoms with van der Waals surface area (Å²) in [5, 5.41) is 3.63. The minimum atomic E-state index is 0.819. The summed E-state index contributed by atoms with van der Waals surface area (Å²) in [5.41, 5.74) is 1.46. The first-order valence-corrected chi connectivity index (χ1v) is 8.40. The van der Waals surface area contributed by atoms with E-state index in [9.17, 15) is 0 Å². The van der Waals surface area contributed by atoms with Crippen molar-refractivity contribution in [2.75, 3.05) is 19.6 Å². The van der Waals surface area contributed by atoms with Crippen LogP contribution in [-0.2, 0) is 6.54 Å². The first kappa shape index (κ1) is 14.1. The number of likely N-dealkylation sites (tertiary alicyclic amines) is 1. The second-order valence-corrected chi connectivity index (χ2v) is 6.60. The van der Waals surface area contributed by atoms with Gasteiger partial charge in [0.1, 0.15) is 0 Å². The van der Waals surface area contributed by atoms with Gasteiger partial charge in [0.2, 0.25) is 0 Å². The summed E-state index contributed by atoms with van der Waals surface area (Å²) in [5.74, 6) is 0.926. The summed E-state index contributed by atoms with van der Waals surface area (Å²) >= 11 is 0. The lowest BCUT2D eigenvalue weighted by molar-refractivity contribution is 0.158. The third kappa shape index (κ3) is 4.07. The van der Waals surface area contributed by atoms with Gasteiger partial charge in [-0.2, -0.15) is 0 Å². The molecule has 1 aromatic rings. The molecule has 2 fully saturated rings. The lowest BCUT2D eigenvalue weighted by atomic mass is 9.91. The predicted octanol–water partition coefficient (Wildman–Crippen LogP) is 3.43. The molecule has 2 atom stereocenters. The monoisotopic (exact) mass is 272 g/mol. The second kappa shape index (κ2) is 7.24. The number of benzene rings is 1. The molecule has 3 rings (SSSR count).